The van der Waals surface area contributed by atoms with Gasteiger partial charge in [0, 0.05) is 18.9 Å². The highest BCUT2D eigenvalue weighted by atomic mass is 16.5. The van der Waals surface area contributed by atoms with Crippen molar-refractivity contribution in [2.45, 2.75) is 90.8 Å². The smallest absolute Gasteiger partial charge is 0.303 e. The summed E-state index contributed by atoms with van der Waals surface area (Å²) in [7, 11) is 0. The van der Waals surface area contributed by atoms with E-state index in [2.05, 4.69) is 19.9 Å². The molecule has 4 rings (SSSR count). The van der Waals surface area contributed by atoms with E-state index in [1.807, 2.05) is 6.07 Å². The van der Waals surface area contributed by atoms with Gasteiger partial charge in [-0.2, -0.15) is 0 Å². The Bertz CT molecular complexity index is 1080. The Kier molecular flexibility index (Phi) is 9.60. The van der Waals surface area contributed by atoms with E-state index in [0.717, 1.165) is 37.9 Å². The molecule has 0 aromatic carbocycles. The van der Waals surface area contributed by atoms with Crippen LogP contribution in [0.4, 0.5) is 0 Å². The maximum Gasteiger partial charge on any atom is 0.303 e. The van der Waals surface area contributed by atoms with Crippen LogP contribution in [0.2, 0.25) is 0 Å². The lowest BCUT2D eigenvalue weighted by atomic mass is 9.69. The van der Waals surface area contributed by atoms with Crippen LogP contribution in [0.5, 0.6) is 0 Å². The van der Waals surface area contributed by atoms with Crippen LogP contribution in [0, 0.1) is 17.8 Å². The zero-order valence-electron chi connectivity index (χ0n) is 22.6. The molecule has 2 N–H and O–H groups in total. The second kappa shape index (κ2) is 12.9. The van der Waals surface area contributed by atoms with Crippen molar-refractivity contribution in [3.63, 3.8) is 0 Å². The van der Waals surface area contributed by atoms with Crippen LogP contribution >= 0.6 is 0 Å². The zero-order chi connectivity index (χ0) is 27.2. The number of hydrogen-bond acceptors (Lipinski definition) is 6. The number of unbranched alkanes of at least 4 members (excludes halogenated alkanes) is 2. The third kappa shape index (κ3) is 6.12. The number of ether oxygens (including phenoxy) is 1. The topological polar surface area (TPSA) is 117 Å². The number of imide groups is 1. The average molecular weight is 528 g/mol. The van der Waals surface area contributed by atoms with Gasteiger partial charge in [-0.3, -0.25) is 19.3 Å². The minimum absolute atomic E-state index is 0.0436. The van der Waals surface area contributed by atoms with Gasteiger partial charge in [0.25, 0.3) is 0 Å². The number of allylic oxidation sites excluding steroid dienone is 2. The Morgan fingerprint density at radius 3 is 2.58 bits per heavy atom. The van der Waals surface area contributed by atoms with Crippen LogP contribution in [-0.2, 0) is 25.7 Å². The molecule has 8 nitrogen and oxygen atoms in total. The van der Waals surface area contributed by atoms with Gasteiger partial charge >= 0.3 is 5.97 Å². The molecule has 208 valence electrons. The lowest BCUT2D eigenvalue weighted by molar-refractivity contribution is -0.141. The van der Waals surface area contributed by atoms with E-state index in [-0.39, 0.29) is 48.7 Å². The molecule has 0 unspecified atom stereocenters. The number of rotatable bonds is 14. The SMILES string of the molecule is CCC/C(=C\c1ccc(CO)o1)CC[C@H]1OC[C@H]2C1=C(CC)C[C@H]1C(=O)N(CCCCCC(=O)O)C(=O)[C@H]12. The lowest BCUT2D eigenvalue weighted by Gasteiger charge is -2.31. The quantitative estimate of drug-likeness (QED) is 0.196. The molecule has 1 aromatic heterocycles. The Morgan fingerprint density at radius 2 is 1.89 bits per heavy atom. The molecule has 1 aromatic rings. The minimum Gasteiger partial charge on any atom is -0.481 e. The van der Waals surface area contributed by atoms with Crippen molar-refractivity contribution < 1.29 is 33.8 Å². The fourth-order valence-corrected chi connectivity index (χ4v) is 6.49. The number of hydrogen-bond donors (Lipinski definition) is 2. The number of likely N-dealkylation sites (tertiary alicyclic amines) is 1. The summed E-state index contributed by atoms with van der Waals surface area (Å²) in [5.74, 6) is -0.364. The highest BCUT2D eigenvalue weighted by Gasteiger charge is 2.56. The summed E-state index contributed by atoms with van der Waals surface area (Å²) in [5.41, 5.74) is 3.78. The molecule has 2 aliphatic heterocycles. The monoisotopic (exact) mass is 527 g/mol. The number of amides is 2. The van der Waals surface area contributed by atoms with Crippen molar-refractivity contribution in [1.82, 2.24) is 4.90 Å². The van der Waals surface area contributed by atoms with Crippen molar-refractivity contribution in [2.75, 3.05) is 13.2 Å². The number of fused-ring (bicyclic) bond motifs is 3. The summed E-state index contributed by atoms with van der Waals surface area (Å²) in [6.07, 6.45) is 9.11. The molecular weight excluding hydrogens is 486 g/mol. The van der Waals surface area contributed by atoms with E-state index in [9.17, 15) is 19.5 Å². The molecule has 2 saturated heterocycles. The first-order chi connectivity index (χ1) is 18.4. The second-order valence-electron chi connectivity index (χ2n) is 10.8. The largest absolute Gasteiger partial charge is 0.481 e. The summed E-state index contributed by atoms with van der Waals surface area (Å²) >= 11 is 0. The normalized spacial score (nSPS) is 25.3. The second-order valence-corrected chi connectivity index (χ2v) is 10.8. The molecule has 2 amide bonds. The van der Waals surface area contributed by atoms with Gasteiger partial charge in [-0.15, -0.1) is 0 Å². The third-order valence-corrected chi connectivity index (χ3v) is 8.28. The maximum atomic E-state index is 13.4. The van der Waals surface area contributed by atoms with Crippen LogP contribution in [-0.4, -0.2) is 52.2 Å². The summed E-state index contributed by atoms with van der Waals surface area (Å²) in [6, 6.07) is 3.67. The van der Waals surface area contributed by atoms with E-state index in [1.165, 1.54) is 21.6 Å². The fourth-order valence-electron chi connectivity index (χ4n) is 6.49. The van der Waals surface area contributed by atoms with Crippen molar-refractivity contribution in [3.05, 3.63) is 40.4 Å². The number of aliphatic hydroxyl groups excluding tert-OH is 1. The van der Waals surface area contributed by atoms with Crippen molar-refractivity contribution in [3.8, 4) is 0 Å². The van der Waals surface area contributed by atoms with Crippen LogP contribution in [0.3, 0.4) is 0 Å². The maximum absolute atomic E-state index is 13.4. The molecular formula is C30H41NO7. The van der Waals surface area contributed by atoms with Crippen molar-refractivity contribution >= 4 is 23.9 Å². The predicted molar refractivity (Wildman–Crippen MR) is 142 cm³/mol. The number of carbonyl (C=O) groups excluding carboxylic acids is 2. The summed E-state index contributed by atoms with van der Waals surface area (Å²) in [6.45, 7) is 4.99. The van der Waals surface area contributed by atoms with Gasteiger partial charge in [0.15, 0.2) is 0 Å². The van der Waals surface area contributed by atoms with E-state index in [0.29, 0.717) is 44.6 Å². The molecule has 38 heavy (non-hydrogen) atoms. The van der Waals surface area contributed by atoms with Crippen LogP contribution in [0.1, 0.15) is 89.6 Å². The predicted octanol–water partition coefficient (Wildman–Crippen LogP) is 5.11. The Morgan fingerprint density at radius 1 is 1.08 bits per heavy atom. The lowest BCUT2D eigenvalue weighted by Crippen LogP contribution is -2.34. The molecule has 3 heterocycles. The van der Waals surface area contributed by atoms with Crippen LogP contribution < -0.4 is 0 Å². The Labute approximate surface area is 224 Å². The Hall–Kier alpha value is -2.71. The van der Waals surface area contributed by atoms with Crippen molar-refractivity contribution in [2.24, 2.45) is 17.8 Å². The third-order valence-electron chi connectivity index (χ3n) is 8.28. The molecule has 0 saturated carbocycles. The van der Waals surface area contributed by atoms with Gasteiger partial charge in [0.2, 0.25) is 11.8 Å². The number of aliphatic carboxylic acids is 1. The number of carboxylic acids is 1. The molecule has 4 atom stereocenters. The molecule has 3 aliphatic rings. The number of carboxylic acid groups (broad SMARTS) is 1. The summed E-state index contributed by atoms with van der Waals surface area (Å²) < 4.78 is 12.0. The van der Waals surface area contributed by atoms with E-state index >= 15 is 0 Å². The molecule has 0 bridgehead atoms. The van der Waals surface area contributed by atoms with Crippen LogP contribution in [0.15, 0.2) is 33.3 Å². The van der Waals surface area contributed by atoms with Gasteiger partial charge in [-0.05, 0) is 68.7 Å². The van der Waals surface area contributed by atoms with E-state index in [4.69, 9.17) is 14.3 Å². The fraction of sp³-hybridized carbons (Fsp3) is 0.633. The first-order valence-electron chi connectivity index (χ1n) is 14.2. The minimum atomic E-state index is -0.820. The first kappa shape index (κ1) is 28.3. The number of aliphatic hydroxyl groups is 1. The summed E-state index contributed by atoms with van der Waals surface area (Å²) in [5, 5.41) is 18.1. The van der Waals surface area contributed by atoms with Gasteiger partial charge < -0.3 is 19.4 Å². The summed E-state index contributed by atoms with van der Waals surface area (Å²) in [4.78, 5) is 38.9. The first-order valence-corrected chi connectivity index (χ1v) is 14.2. The number of nitrogens with zero attached hydrogens (tertiary/aromatic N) is 1. The van der Waals surface area contributed by atoms with E-state index < -0.39 is 5.97 Å². The molecule has 0 radical (unpaired) electrons. The van der Waals surface area contributed by atoms with Gasteiger partial charge in [-0.25, -0.2) is 0 Å². The average Bonchev–Trinajstić information content (AvgIpc) is 3.59. The number of carbonyl (C=O) groups is 3. The highest BCUT2D eigenvalue weighted by molar-refractivity contribution is 6.05. The van der Waals surface area contributed by atoms with Crippen LogP contribution in [0.25, 0.3) is 6.08 Å². The molecule has 2 fully saturated rings. The molecule has 0 spiro atoms. The zero-order valence-corrected chi connectivity index (χ0v) is 22.6. The van der Waals surface area contributed by atoms with Crippen molar-refractivity contribution in [1.29, 1.82) is 0 Å². The molecule has 1 aliphatic carbocycles. The van der Waals surface area contributed by atoms with Gasteiger partial charge in [0.1, 0.15) is 18.1 Å². The highest BCUT2D eigenvalue weighted by Crippen LogP contribution is 2.50. The van der Waals surface area contributed by atoms with Gasteiger partial charge in [0.05, 0.1) is 24.5 Å². The number of furan rings is 1. The molecule has 8 heteroatoms. The van der Waals surface area contributed by atoms with E-state index in [1.54, 1.807) is 6.07 Å². The standard InChI is InChI=1S/C30H41NO7/c1-3-8-19(15-21-11-12-22(17-32)38-21)10-13-25-27-20(4-2)16-23-28(24(27)18-37-25)30(36)31(29(23)35)14-7-5-6-9-26(33)34/h11-12,15,23-25,28,32H,3-10,13-14,16-18H2,1-2H3,(H,33,34)/b19-15+/t23-,24+,25-,28-/m1/s1. The van der Waals surface area contributed by atoms with Gasteiger partial charge in [-0.1, -0.05) is 37.8 Å². The Balaban J connectivity index is 1.43.